The molecule has 3 aromatic rings. The van der Waals surface area contributed by atoms with E-state index in [1.54, 1.807) is 37.4 Å². The van der Waals surface area contributed by atoms with Gasteiger partial charge >= 0.3 is 6.09 Å². The molecular weight excluding hydrogens is 379 g/mol. The molecule has 1 unspecified atom stereocenters. The number of cyclic esters (lactones) is 1. The van der Waals surface area contributed by atoms with Gasteiger partial charge in [0.1, 0.15) is 17.6 Å². The molecule has 29 heavy (non-hydrogen) atoms. The van der Waals surface area contributed by atoms with Gasteiger partial charge in [0.15, 0.2) is 12.2 Å². The summed E-state index contributed by atoms with van der Waals surface area (Å²) in [6.07, 6.45) is 3.06. The quantitative estimate of drug-likeness (QED) is 0.710. The van der Waals surface area contributed by atoms with Crippen LogP contribution in [-0.4, -0.2) is 34.6 Å². The zero-order valence-corrected chi connectivity index (χ0v) is 15.4. The summed E-state index contributed by atoms with van der Waals surface area (Å²) < 4.78 is 25.1. The third kappa shape index (κ3) is 3.54. The Hall–Kier alpha value is -3.75. The zero-order valence-electron chi connectivity index (χ0n) is 15.4. The Morgan fingerprint density at radius 2 is 2.14 bits per heavy atom. The van der Waals surface area contributed by atoms with Gasteiger partial charge in [-0.2, -0.15) is 0 Å². The van der Waals surface area contributed by atoms with E-state index >= 15 is 0 Å². The van der Waals surface area contributed by atoms with Crippen molar-refractivity contribution in [1.29, 1.82) is 0 Å². The molecule has 0 bridgehead atoms. The third-order valence-electron chi connectivity index (χ3n) is 4.87. The van der Waals surface area contributed by atoms with Crippen LogP contribution < -0.4 is 10.6 Å². The molecule has 0 aliphatic carbocycles. The largest absolute Gasteiger partial charge is 0.443 e. The van der Waals surface area contributed by atoms with Crippen LogP contribution in [0.4, 0.5) is 14.9 Å². The molecule has 3 heterocycles. The minimum absolute atomic E-state index is 0.120. The minimum atomic E-state index is -0.671. The molecule has 1 aliphatic rings. The predicted octanol–water partition coefficient (Wildman–Crippen LogP) is 2.99. The second-order valence-electron chi connectivity index (χ2n) is 6.69. The monoisotopic (exact) mass is 396 g/mol. The molecule has 1 saturated heterocycles. The van der Waals surface area contributed by atoms with E-state index in [0.29, 0.717) is 28.3 Å². The highest BCUT2D eigenvalue weighted by molar-refractivity contribution is 5.91. The first-order valence-corrected chi connectivity index (χ1v) is 8.86. The molecule has 2 atom stereocenters. The Balaban J connectivity index is 1.55. The standard InChI is InChI=1S/C20H17FN4O4/c1-11(19(22)26)18-9-25(20(27)29-18)13-3-4-14(15(21)6-13)12-2-5-16(24-7-12)17-8-23-10-28-17/h2-8,10-11,18H,9H2,1H3,(H2,22,26)/t11-,18?/m0/s1. The lowest BCUT2D eigenvalue weighted by molar-refractivity contribution is -0.123. The molecule has 1 fully saturated rings. The van der Waals surface area contributed by atoms with E-state index in [-0.39, 0.29) is 6.54 Å². The molecule has 4 rings (SSSR count). The molecule has 0 saturated carbocycles. The summed E-state index contributed by atoms with van der Waals surface area (Å²) in [5, 5.41) is 0. The van der Waals surface area contributed by atoms with Crippen LogP contribution in [0.3, 0.4) is 0 Å². The van der Waals surface area contributed by atoms with E-state index in [2.05, 4.69) is 9.97 Å². The van der Waals surface area contributed by atoms with Crippen LogP contribution in [0.1, 0.15) is 6.92 Å². The molecule has 148 valence electrons. The maximum absolute atomic E-state index is 14.8. The number of carbonyl (C=O) groups excluding carboxylic acids is 2. The summed E-state index contributed by atoms with van der Waals surface area (Å²) in [6, 6.07) is 7.85. The normalized spacial score (nSPS) is 17.2. The fourth-order valence-electron chi connectivity index (χ4n) is 3.09. The Kier molecular flexibility index (Phi) is 4.71. The van der Waals surface area contributed by atoms with Gasteiger partial charge in [-0.1, -0.05) is 6.07 Å². The molecule has 0 radical (unpaired) electrons. The fraction of sp³-hybridized carbons (Fsp3) is 0.200. The van der Waals surface area contributed by atoms with Crippen LogP contribution in [0, 0.1) is 11.7 Å². The highest BCUT2D eigenvalue weighted by atomic mass is 19.1. The second-order valence-corrected chi connectivity index (χ2v) is 6.69. The van der Waals surface area contributed by atoms with E-state index in [1.165, 1.54) is 23.6 Å². The summed E-state index contributed by atoms with van der Waals surface area (Å²) in [7, 11) is 0. The van der Waals surface area contributed by atoms with E-state index < -0.39 is 29.8 Å². The average molecular weight is 396 g/mol. The van der Waals surface area contributed by atoms with Crippen LogP contribution in [-0.2, 0) is 9.53 Å². The number of benzene rings is 1. The lowest BCUT2D eigenvalue weighted by atomic mass is 10.0. The number of hydrogen-bond donors (Lipinski definition) is 1. The topological polar surface area (TPSA) is 112 Å². The first-order chi connectivity index (χ1) is 13.9. The number of carbonyl (C=O) groups is 2. The number of hydrogen-bond acceptors (Lipinski definition) is 6. The number of nitrogens with zero attached hydrogens (tertiary/aromatic N) is 3. The third-order valence-corrected chi connectivity index (χ3v) is 4.87. The Labute approximate surface area is 165 Å². The lowest BCUT2D eigenvalue weighted by Crippen LogP contribution is -2.34. The Morgan fingerprint density at radius 3 is 2.76 bits per heavy atom. The van der Waals surface area contributed by atoms with E-state index in [0.717, 1.165) is 0 Å². The SMILES string of the molecule is C[C@H](C(N)=O)C1CN(c2ccc(-c3ccc(-c4cnco4)nc3)c(F)c2)C(=O)O1. The Bertz CT molecular complexity index is 1050. The molecule has 2 N–H and O–H groups in total. The van der Waals surface area contributed by atoms with Crippen molar-refractivity contribution in [3.8, 4) is 22.6 Å². The highest BCUT2D eigenvalue weighted by Crippen LogP contribution is 2.30. The van der Waals surface area contributed by atoms with Crippen molar-refractivity contribution in [2.45, 2.75) is 13.0 Å². The predicted molar refractivity (Wildman–Crippen MR) is 101 cm³/mol. The molecule has 2 amide bonds. The molecule has 9 heteroatoms. The van der Waals surface area contributed by atoms with Crippen molar-refractivity contribution in [3.63, 3.8) is 0 Å². The number of pyridine rings is 1. The summed E-state index contributed by atoms with van der Waals surface area (Å²) >= 11 is 0. The van der Waals surface area contributed by atoms with Gasteiger partial charge in [0, 0.05) is 17.3 Å². The number of aromatic nitrogens is 2. The highest BCUT2D eigenvalue weighted by Gasteiger charge is 2.37. The van der Waals surface area contributed by atoms with Crippen molar-refractivity contribution in [3.05, 3.63) is 54.9 Å². The van der Waals surface area contributed by atoms with Crippen molar-refractivity contribution in [1.82, 2.24) is 9.97 Å². The van der Waals surface area contributed by atoms with E-state index in [1.807, 2.05) is 0 Å². The van der Waals surface area contributed by atoms with E-state index in [9.17, 15) is 14.0 Å². The number of halogens is 1. The minimum Gasteiger partial charge on any atom is -0.443 e. The number of primary amides is 1. The van der Waals surface area contributed by atoms with Gasteiger partial charge in [0.05, 0.1) is 24.3 Å². The molecule has 1 aliphatic heterocycles. The lowest BCUT2D eigenvalue weighted by Gasteiger charge is -2.15. The first kappa shape index (κ1) is 18.6. The van der Waals surface area contributed by atoms with Crippen LogP contribution in [0.2, 0.25) is 0 Å². The van der Waals surface area contributed by atoms with Crippen LogP contribution in [0.25, 0.3) is 22.6 Å². The molecule has 8 nitrogen and oxygen atoms in total. The number of anilines is 1. The van der Waals surface area contributed by atoms with Gasteiger partial charge in [0.25, 0.3) is 0 Å². The van der Waals surface area contributed by atoms with Crippen LogP contribution in [0.5, 0.6) is 0 Å². The van der Waals surface area contributed by atoms with Crippen molar-refractivity contribution in [2.24, 2.45) is 11.7 Å². The Morgan fingerprint density at radius 1 is 1.31 bits per heavy atom. The molecule has 0 spiro atoms. The van der Waals surface area contributed by atoms with Gasteiger partial charge in [-0.15, -0.1) is 0 Å². The average Bonchev–Trinajstić information content (AvgIpc) is 3.37. The molecular formula is C20H17FN4O4. The van der Waals surface area contributed by atoms with Gasteiger partial charge < -0.3 is 14.9 Å². The number of oxazole rings is 1. The maximum Gasteiger partial charge on any atom is 0.414 e. The number of amides is 2. The van der Waals surface area contributed by atoms with E-state index in [4.69, 9.17) is 14.9 Å². The van der Waals surface area contributed by atoms with Gasteiger partial charge in [-0.05, 0) is 31.2 Å². The van der Waals surface area contributed by atoms with Crippen LogP contribution in [0.15, 0.2) is 53.5 Å². The number of ether oxygens (including phenoxy) is 1. The fourth-order valence-corrected chi connectivity index (χ4v) is 3.09. The number of nitrogens with two attached hydrogens (primary N) is 1. The smallest absolute Gasteiger partial charge is 0.414 e. The first-order valence-electron chi connectivity index (χ1n) is 8.86. The van der Waals surface area contributed by atoms with Gasteiger partial charge in [-0.3, -0.25) is 14.7 Å². The summed E-state index contributed by atoms with van der Waals surface area (Å²) in [6.45, 7) is 1.71. The summed E-state index contributed by atoms with van der Waals surface area (Å²) in [5.41, 5.74) is 7.09. The van der Waals surface area contributed by atoms with Crippen molar-refractivity contribution in [2.75, 3.05) is 11.4 Å². The zero-order chi connectivity index (χ0) is 20.5. The summed E-state index contributed by atoms with van der Waals surface area (Å²) in [5.74, 6) is -1.20. The summed E-state index contributed by atoms with van der Waals surface area (Å²) in [4.78, 5) is 32.8. The van der Waals surface area contributed by atoms with Gasteiger partial charge in [-0.25, -0.2) is 14.2 Å². The maximum atomic E-state index is 14.8. The molecule has 1 aromatic carbocycles. The number of rotatable bonds is 5. The van der Waals surface area contributed by atoms with Gasteiger partial charge in [0.2, 0.25) is 5.91 Å². The second kappa shape index (κ2) is 7.34. The van der Waals surface area contributed by atoms with Crippen LogP contribution >= 0.6 is 0 Å². The van der Waals surface area contributed by atoms with Crippen molar-refractivity contribution < 1.29 is 23.1 Å². The van der Waals surface area contributed by atoms with Crippen molar-refractivity contribution >= 4 is 17.7 Å². The molecule has 2 aromatic heterocycles.